The number of hydrogen-bond donors (Lipinski definition) is 1. The van der Waals surface area contributed by atoms with Gasteiger partial charge in [-0.2, -0.15) is 0 Å². The number of hydrogen-bond acceptors (Lipinski definition) is 2. The van der Waals surface area contributed by atoms with Crippen LogP contribution in [0.4, 0.5) is 0 Å². The van der Waals surface area contributed by atoms with Crippen LogP contribution in [0.25, 0.3) is 0 Å². The van der Waals surface area contributed by atoms with Crippen LogP contribution >= 0.6 is 11.6 Å². The molecule has 1 aromatic rings. The third kappa shape index (κ3) is 4.50. The van der Waals surface area contributed by atoms with E-state index in [0.717, 1.165) is 18.4 Å². The highest BCUT2D eigenvalue weighted by molar-refractivity contribution is 6.30. The Labute approximate surface area is 149 Å². The van der Waals surface area contributed by atoms with Crippen LogP contribution in [-0.4, -0.2) is 35.3 Å². The third-order valence-electron chi connectivity index (χ3n) is 4.76. The molecule has 2 amide bonds. The molecule has 4 nitrogen and oxygen atoms in total. The summed E-state index contributed by atoms with van der Waals surface area (Å²) in [6, 6.07) is 7.62. The summed E-state index contributed by atoms with van der Waals surface area (Å²) < 4.78 is 0. The molecule has 0 aliphatic carbocycles. The zero-order chi connectivity index (χ0) is 17.7. The summed E-state index contributed by atoms with van der Waals surface area (Å²) in [5, 5.41) is 3.70. The highest BCUT2D eigenvalue weighted by Gasteiger charge is 2.46. The number of carbonyl (C=O) groups is 2. The fourth-order valence-electron chi connectivity index (χ4n) is 3.06. The van der Waals surface area contributed by atoms with Gasteiger partial charge in [0.1, 0.15) is 5.54 Å². The molecule has 0 spiro atoms. The van der Waals surface area contributed by atoms with Gasteiger partial charge in [-0.25, -0.2) is 0 Å². The zero-order valence-corrected chi connectivity index (χ0v) is 15.5. The number of halogens is 1. The smallest absolute Gasteiger partial charge is 0.245 e. The lowest BCUT2D eigenvalue weighted by Crippen LogP contribution is -2.55. The normalized spacial score (nSPS) is 20.7. The maximum absolute atomic E-state index is 12.6. The van der Waals surface area contributed by atoms with Crippen LogP contribution < -0.4 is 5.32 Å². The standard InChI is InChI=1S/C19H27ClN2O2/c1-14(2)9-12-21-18(24)19(3)11-8-17(23)22(19)13-10-15-4-6-16(20)7-5-15/h4-7,14H,8-13H2,1-3H3,(H,21,24). The molecule has 1 aliphatic heterocycles. The SMILES string of the molecule is CC(C)CCNC(=O)C1(C)CCC(=O)N1CCc1ccc(Cl)cc1. The molecule has 24 heavy (non-hydrogen) atoms. The van der Waals surface area contributed by atoms with Gasteiger partial charge in [0.25, 0.3) is 0 Å². The van der Waals surface area contributed by atoms with Crippen molar-refractivity contribution in [3.05, 3.63) is 34.9 Å². The van der Waals surface area contributed by atoms with Crippen LogP contribution in [0.3, 0.4) is 0 Å². The molecule has 1 aliphatic rings. The van der Waals surface area contributed by atoms with Crippen molar-refractivity contribution in [2.24, 2.45) is 5.92 Å². The number of amides is 2. The van der Waals surface area contributed by atoms with Crippen LogP contribution in [-0.2, 0) is 16.0 Å². The Morgan fingerprint density at radius 2 is 2.00 bits per heavy atom. The Kier molecular flexibility index (Phi) is 6.27. The molecular weight excluding hydrogens is 324 g/mol. The van der Waals surface area contributed by atoms with Crippen LogP contribution in [0.2, 0.25) is 5.02 Å². The van der Waals surface area contributed by atoms with E-state index >= 15 is 0 Å². The number of nitrogens with one attached hydrogen (secondary N) is 1. The van der Waals surface area contributed by atoms with Crippen molar-refractivity contribution in [2.45, 2.75) is 52.0 Å². The topological polar surface area (TPSA) is 49.4 Å². The van der Waals surface area contributed by atoms with Crippen LogP contribution in [0, 0.1) is 5.92 Å². The van der Waals surface area contributed by atoms with E-state index in [9.17, 15) is 9.59 Å². The highest BCUT2D eigenvalue weighted by Crippen LogP contribution is 2.30. The van der Waals surface area contributed by atoms with E-state index in [4.69, 9.17) is 11.6 Å². The van der Waals surface area contributed by atoms with Gasteiger partial charge in [0, 0.05) is 24.5 Å². The average Bonchev–Trinajstić information content (AvgIpc) is 2.83. The molecule has 5 heteroatoms. The van der Waals surface area contributed by atoms with E-state index in [0.29, 0.717) is 36.9 Å². The Morgan fingerprint density at radius 3 is 2.62 bits per heavy atom. The first-order valence-electron chi connectivity index (χ1n) is 8.66. The van der Waals surface area contributed by atoms with E-state index in [2.05, 4.69) is 19.2 Å². The molecular formula is C19H27ClN2O2. The molecule has 0 radical (unpaired) electrons. The Hall–Kier alpha value is -1.55. The number of rotatable bonds is 7. The quantitative estimate of drug-likeness (QED) is 0.819. The van der Waals surface area contributed by atoms with E-state index < -0.39 is 5.54 Å². The lowest BCUT2D eigenvalue weighted by molar-refractivity contribution is -0.140. The van der Waals surface area contributed by atoms with Gasteiger partial charge >= 0.3 is 0 Å². The Morgan fingerprint density at radius 1 is 1.33 bits per heavy atom. The molecule has 1 aromatic carbocycles. The van der Waals surface area contributed by atoms with Crippen molar-refractivity contribution in [2.75, 3.05) is 13.1 Å². The number of carbonyl (C=O) groups excluding carboxylic acids is 2. The number of nitrogens with zero attached hydrogens (tertiary/aromatic N) is 1. The summed E-state index contributed by atoms with van der Waals surface area (Å²) in [5.41, 5.74) is 0.377. The van der Waals surface area contributed by atoms with Crippen LogP contribution in [0.5, 0.6) is 0 Å². The fourth-order valence-corrected chi connectivity index (χ4v) is 3.19. The first-order valence-corrected chi connectivity index (χ1v) is 9.04. The molecule has 0 aromatic heterocycles. The first-order chi connectivity index (χ1) is 11.3. The van der Waals surface area contributed by atoms with E-state index in [1.165, 1.54) is 0 Å². The van der Waals surface area contributed by atoms with Gasteiger partial charge in [0.05, 0.1) is 0 Å². The van der Waals surface area contributed by atoms with Crippen molar-refractivity contribution < 1.29 is 9.59 Å². The van der Waals surface area contributed by atoms with Gasteiger partial charge in [0.15, 0.2) is 0 Å². The summed E-state index contributed by atoms with van der Waals surface area (Å²) in [4.78, 5) is 26.7. The molecule has 2 rings (SSSR count). The summed E-state index contributed by atoms with van der Waals surface area (Å²) in [7, 11) is 0. The molecule has 1 saturated heterocycles. The van der Waals surface area contributed by atoms with Gasteiger partial charge in [-0.3, -0.25) is 9.59 Å². The third-order valence-corrected chi connectivity index (χ3v) is 5.01. The molecule has 0 saturated carbocycles. The predicted molar refractivity (Wildman–Crippen MR) is 97.0 cm³/mol. The second kappa shape index (κ2) is 8.02. The van der Waals surface area contributed by atoms with Crippen LogP contribution in [0.15, 0.2) is 24.3 Å². The maximum Gasteiger partial charge on any atom is 0.245 e. The largest absolute Gasteiger partial charge is 0.354 e. The lowest BCUT2D eigenvalue weighted by atomic mass is 9.97. The highest BCUT2D eigenvalue weighted by atomic mass is 35.5. The summed E-state index contributed by atoms with van der Waals surface area (Å²) >= 11 is 5.90. The molecule has 1 N–H and O–H groups in total. The van der Waals surface area contributed by atoms with Gasteiger partial charge in [0.2, 0.25) is 11.8 Å². The minimum atomic E-state index is -0.736. The number of benzene rings is 1. The molecule has 1 fully saturated rings. The van der Waals surface area contributed by atoms with E-state index in [1.54, 1.807) is 4.90 Å². The second-order valence-electron chi connectivity index (χ2n) is 7.13. The molecule has 132 valence electrons. The second-order valence-corrected chi connectivity index (χ2v) is 7.57. The van der Waals surface area contributed by atoms with Crippen molar-refractivity contribution in [3.8, 4) is 0 Å². The van der Waals surface area contributed by atoms with Gasteiger partial charge in [-0.1, -0.05) is 37.6 Å². The van der Waals surface area contributed by atoms with Crippen molar-refractivity contribution in [3.63, 3.8) is 0 Å². The summed E-state index contributed by atoms with van der Waals surface area (Å²) in [6.07, 6.45) is 2.69. The molecule has 1 heterocycles. The van der Waals surface area contributed by atoms with Gasteiger partial charge < -0.3 is 10.2 Å². The van der Waals surface area contributed by atoms with Gasteiger partial charge in [-0.15, -0.1) is 0 Å². The summed E-state index contributed by atoms with van der Waals surface area (Å²) in [5.74, 6) is 0.569. The van der Waals surface area contributed by atoms with Crippen LogP contribution in [0.1, 0.15) is 45.6 Å². The van der Waals surface area contributed by atoms with E-state index in [-0.39, 0.29) is 11.8 Å². The Balaban J connectivity index is 1.98. The molecule has 1 unspecified atom stereocenters. The Bertz CT molecular complexity index is 586. The van der Waals surface area contributed by atoms with E-state index in [1.807, 2.05) is 31.2 Å². The monoisotopic (exact) mass is 350 g/mol. The molecule has 0 bridgehead atoms. The van der Waals surface area contributed by atoms with Crippen molar-refractivity contribution in [1.82, 2.24) is 10.2 Å². The van der Waals surface area contributed by atoms with Crippen molar-refractivity contribution >= 4 is 23.4 Å². The zero-order valence-electron chi connectivity index (χ0n) is 14.8. The minimum absolute atomic E-state index is 0.0369. The maximum atomic E-state index is 12.6. The first kappa shape index (κ1) is 18.8. The predicted octanol–water partition coefficient (Wildman–Crippen LogP) is 3.43. The average molecular weight is 351 g/mol. The fraction of sp³-hybridized carbons (Fsp3) is 0.579. The van der Waals surface area contributed by atoms with Gasteiger partial charge in [-0.05, 0) is 49.8 Å². The molecule has 1 atom stereocenters. The number of likely N-dealkylation sites (tertiary alicyclic amines) is 1. The lowest BCUT2D eigenvalue weighted by Gasteiger charge is -2.34. The summed E-state index contributed by atoms with van der Waals surface area (Å²) in [6.45, 7) is 7.35. The van der Waals surface area contributed by atoms with Crippen molar-refractivity contribution in [1.29, 1.82) is 0 Å². The minimum Gasteiger partial charge on any atom is -0.354 e.